The zero-order chi connectivity index (χ0) is 66.6. The van der Waals surface area contributed by atoms with Gasteiger partial charge in [0.25, 0.3) is 0 Å². The number of phenols is 1. The number of hydrogen-bond donors (Lipinski definition) is 17. The number of nitrogens with zero attached hydrogens (tertiary/aromatic N) is 1. The molecule has 2 rings (SSSR count). The molecule has 0 heterocycles. The number of carboxylic acids is 1. The van der Waals surface area contributed by atoms with Crippen LogP contribution in [-0.2, 0) is 60.8 Å². The van der Waals surface area contributed by atoms with Crippen LogP contribution in [0.3, 0.4) is 0 Å². The molecule has 498 valence electrons. The number of unbranched alkanes of at least 4 members (excludes halogenated alkanes) is 3. The molecular formula is C60H100N16O12S. The summed E-state index contributed by atoms with van der Waals surface area (Å²) in [4.78, 5) is 143. The monoisotopic (exact) mass is 1270 g/mol. The van der Waals surface area contributed by atoms with E-state index in [1.54, 1.807) is 64.3 Å². The van der Waals surface area contributed by atoms with Gasteiger partial charge >= 0.3 is 5.97 Å². The van der Waals surface area contributed by atoms with Crippen LogP contribution in [0.5, 0.6) is 5.75 Å². The molecule has 0 fully saturated rings. The molecule has 0 saturated carbocycles. The smallest absolute Gasteiger partial charge is 0.326 e. The quantitative estimate of drug-likeness (QED) is 0.0203. The van der Waals surface area contributed by atoms with E-state index < -0.39 is 131 Å². The minimum atomic E-state index is -1.43. The van der Waals surface area contributed by atoms with Gasteiger partial charge in [0.2, 0.25) is 53.2 Å². The van der Waals surface area contributed by atoms with E-state index in [-0.39, 0.29) is 63.2 Å². The molecule has 0 aromatic heterocycles. The molecule has 0 aliphatic carbocycles. The maximum Gasteiger partial charge on any atom is 0.326 e. The molecule has 28 nitrogen and oxygen atoms in total. The average molecular weight is 1270 g/mol. The van der Waals surface area contributed by atoms with Crippen LogP contribution in [0.2, 0.25) is 0 Å². The maximum absolute atomic E-state index is 14.7. The molecule has 89 heavy (non-hydrogen) atoms. The lowest BCUT2D eigenvalue weighted by molar-refractivity contribution is -0.142. The standard InChI is InChI=1S/C60H100N16O12S/c1-35(2)48(57(85)71-44(27-32-89-6)52(80)68-37(5)50(78)69-42(20-11-14-29-62)53(81)72-45(59(87)88)21-12-15-30-63)76-58(86)49(36(3)4)75-56(84)47(34-39-23-25-40(77)26-24-39)74-55(83)46(33-38-17-8-7-9-18-38)73-54(82)43(22-16-31-67-60(65)66)70-51(79)41(64)19-10-13-28-61/h7-9,17-18,23-26,35-37,41-49,77H,10-16,19-22,27-34,61-64H2,1-6H3,(H,68,80)(H,69,78)(H,70,79)(H,71,85)(H,72,81)(H,73,82)(H,74,83)(H,75,84)(H,76,86)(H,87,88)(H4,65,66,67)/t37-,41+,42-,43-,44-,45+,46-,47-,48-,49-/m0/s1. The van der Waals surface area contributed by atoms with Crippen LogP contribution < -0.4 is 82.3 Å². The lowest BCUT2D eigenvalue weighted by Crippen LogP contribution is -2.62. The molecule has 0 spiro atoms. The highest BCUT2D eigenvalue weighted by Gasteiger charge is 2.37. The van der Waals surface area contributed by atoms with E-state index in [1.165, 1.54) is 43.0 Å². The largest absolute Gasteiger partial charge is 0.508 e. The number of amides is 9. The first-order valence-electron chi connectivity index (χ1n) is 30.4. The molecule has 10 atom stereocenters. The predicted molar refractivity (Wildman–Crippen MR) is 342 cm³/mol. The van der Waals surface area contributed by atoms with Gasteiger partial charge in [0.05, 0.1) is 6.04 Å². The number of aliphatic imine (C=N–C) groups is 1. The van der Waals surface area contributed by atoms with Crippen molar-refractivity contribution in [2.45, 2.75) is 185 Å². The van der Waals surface area contributed by atoms with Crippen molar-refractivity contribution in [1.82, 2.24) is 47.9 Å². The molecule has 0 radical (unpaired) electrons. The number of carbonyl (C=O) groups excluding carboxylic acids is 9. The second kappa shape index (κ2) is 42.4. The number of aliphatic carboxylic acids is 1. The number of guanidine groups is 1. The van der Waals surface area contributed by atoms with Crippen LogP contribution in [0.25, 0.3) is 0 Å². The van der Waals surface area contributed by atoms with Gasteiger partial charge in [0.1, 0.15) is 60.1 Å². The minimum absolute atomic E-state index is 0.0412. The van der Waals surface area contributed by atoms with Gasteiger partial charge in [-0.3, -0.25) is 48.1 Å². The summed E-state index contributed by atoms with van der Waals surface area (Å²) in [5.41, 5.74) is 35.2. The molecule has 0 saturated heterocycles. The Morgan fingerprint density at radius 2 is 0.854 bits per heavy atom. The van der Waals surface area contributed by atoms with Gasteiger partial charge in [0.15, 0.2) is 5.96 Å². The lowest BCUT2D eigenvalue weighted by Gasteiger charge is -2.30. The molecular weight excluding hydrogens is 1170 g/mol. The van der Waals surface area contributed by atoms with Gasteiger partial charge in [-0.1, -0.05) is 76.6 Å². The Bertz CT molecular complexity index is 2580. The van der Waals surface area contributed by atoms with E-state index in [0.29, 0.717) is 81.5 Å². The molecule has 2 aromatic rings. The first-order chi connectivity index (χ1) is 42.3. The van der Waals surface area contributed by atoms with E-state index >= 15 is 0 Å². The summed E-state index contributed by atoms with van der Waals surface area (Å²) >= 11 is 1.38. The van der Waals surface area contributed by atoms with Crippen molar-refractivity contribution in [3.05, 3.63) is 65.7 Å². The third kappa shape index (κ3) is 30.0. The number of thioether (sulfide) groups is 1. The number of rotatable bonds is 44. The summed E-state index contributed by atoms with van der Waals surface area (Å²) < 4.78 is 0. The summed E-state index contributed by atoms with van der Waals surface area (Å²) in [6.07, 6.45) is 5.58. The topological polar surface area (TPSA) is 488 Å². The Labute approximate surface area is 526 Å². The number of nitrogens with one attached hydrogen (secondary N) is 9. The molecule has 0 aliphatic heterocycles. The summed E-state index contributed by atoms with van der Waals surface area (Å²) in [5.74, 6) is -9.12. The number of aromatic hydroxyl groups is 1. The van der Waals surface area contributed by atoms with Crippen molar-refractivity contribution in [2.24, 2.45) is 51.2 Å². The summed E-state index contributed by atoms with van der Waals surface area (Å²) in [6.45, 7) is 9.18. The number of nitrogens with two attached hydrogens (primary N) is 6. The second-order valence-electron chi connectivity index (χ2n) is 22.6. The van der Waals surface area contributed by atoms with E-state index in [1.807, 2.05) is 0 Å². The van der Waals surface area contributed by atoms with E-state index in [4.69, 9.17) is 34.4 Å². The van der Waals surface area contributed by atoms with Crippen LogP contribution in [0.1, 0.15) is 123 Å². The SMILES string of the molecule is CSCC[C@H](NC(=O)[C@@H](NC(=O)[C@@H](NC(=O)[C@H](Cc1ccc(O)cc1)NC(=O)[C@H](Cc1ccccc1)NC(=O)[C@H](CCCN=C(N)N)NC(=O)[C@H](N)CCCCN)C(C)C)C(C)C)C(=O)N[C@@H](C)C(=O)N[C@@H](CCCCN)C(=O)N[C@H](CCCCN)C(=O)O. The Balaban J connectivity index is 2.45. The van der Waals surface area contributed by atoms with Gasteiger partial charge in [-0.05, 0) is 144 Å². The maximum atomic E-state index is 14.7. The summed E-state index contributed by atoms with van der Waals surface area (Å²) in [5, 5.41) is 44.1. The fourth-order valence-electron chi connectivity index (χ4n) is 9.16. The average Bonchev–Trinajstić information content (AvgIpc) is 3.40. The molecule has 0 bridgehead atoms. The molecule has 0 unspecified atom stereocenters. The number of carboxylic acid groups (broad SMARTS) is 1. The minimum Gasteiger partial charge on any atom is -0.508 e. The van der Waals surface area contributed by atoms with Gasteiger partial charge < -0.3 is 92.5 Å². The highest BCUT2D eigenvalue weighted by Crippen LogP contribution is 2.16. The Hall–Kier alpha value is -7.60. The van der Waals surface area contributed by atoms with Crippen molar-refractivity contribution in [2.75, 3.05) is 38.2 Å². The zero-order valence-corrected chi connectivity index (χ0v) is 53.2. The summed E-state index contributed by atoms with van der Waals surface area (Å²) in [7, 11) is 0. The van der Waals surface area contributed by atoms with Crippen LogP contribution in [-0.4, -0.2) is 174 Å². The van der Waals surface area contributed by atoms with Gasteiger partial charge in [0, 0.05) is 19.4 Å². The number of benzene rings is 2. The Morgan fingerprint density at radius 3 is 1.35 bits per heavy atom. The van der Waals surface area contributed by atoms with Crippen molar-refractivity contribution < 1.29 is 58.2 Å². The third-order valence-corrected chi connectivity index (χ3v) is 15.1. The predicted octanol–water partition coefficient (Wildman–Crippen LogP) is -1.52. The van der Waals surface area contributed by atoms with Gasteiger partial charge in [-0.15, -0.1) is 0 Å². The molecule has 23 N–H and O–H groups in total. The number of hydrogen-bond acceptors (Lipinski definition) is 17. The van der Waals surface area contributed by atoms with Crippen LogP contribution >= 0.6 is 11.8 Å². The Morgan fingerprint density at radius 1 is 0.461 bits per heavy atom. The van der Waals surface area contributed by atoms with Crippen LogP contribution in [0.15, 0.2) is 59.6 Å². The Kier molecular flexibility index (Phi) is 36.9. The highest BCUT2D eigenvalue weighted by atomic mass is 32.2. The normalized spacial score (nSPS) is 14.6. The summed E-state index contributed by atoms with van der Waals surface area (Å²) in [6, 6.07) is 2.13. The fourth-order valence-corrected chi connectivity index (χ4v) is 9.64. The van der Waals surface area contributed by atoms with E-state index in [0.717, 1.165) is 0 Å². The van der Waals surface area contributed by atoms with Crippen LogP contribution in [0, 0.1) is 11.8 Å². The lowest BCUT2D eigenvalue weighted by atomic mass is 9.98. The van der Waals surface area contributed by atoms with E-state index in [9.17, 15) is 58.2 Å². The first kappa shape index (κ1) is 77.5. The molecule has 9 amide bonds. The number of carbonyl (C=O) groups is 10. The zero-order valence-electron chi connectivity index (χ0n) is 52.4. The molecule has 29 heteroatoms. The fraction of sp³-hybridized carbons (Fsp3) is 0.617. The highest BCUT2D eigenvalue weighted by molar-refractivity contribution is 7.98. The van der Waals surface area contributed by atoms with E-state index in [2.05, 4.69) is 52.8 Å². The van der Waals surface area contributed by atoms with Gasteiger partial charge in [-0.2, -0.15) is 11.8 Å². The van der Waals surface area contributed by atoms with Crippen LogP contribution in [0.4, 0.5) is 0 Å². The van der Waals surface area contributed by atoms with Crippen molar-refractivity contribution in [1.29, 1.82) is 0 Å². The number of phenolic OH excluding ortho intramolecular Hbond substituents is 1. The molecule has 2 aromatic carbocycles. The van der Waals surface area contributed by atoms with Crippen molar-refractivity contribution in [3.8, 4) is 5.75 Å². The third-order valence-electron chi connectivity index (χ3n) is 14.4. The van der Waals surface area contributed by atoms with Crippen molar-refractivity contribution in [3.63, 3.8) is 0 Å². The first-order valence-corrected chi connectivity index (χ1v) is 31.8. The molecule has 0 aliphatic rings. The second-order valence-corrected chi connectivity index (χ2v) is 23.6. The van der Waals surface area contributed by atoms with Gasteiger partial charge in [-0.25, -0.2) is 4.79 Å². The van der Waals surface area contributed by atoms with Crippen molar-refractivity contribution >= 4 is 76.9 Å².